The van der Waals surface area contributed by atoms with Gasteiger partial charge < -0.3 is 5.11 Å². The molecule has 102 valence electrons. The highest BCUT2D eigenvalue weighted by molar-refractivity contribution is 4.99. The van der Waals surface area contributed by atoms with Crippen molar-refractivity contribution in [2.45, 2.75) is 79.8 Å². The Bertz CT molecular complexity index is 236. The molecule has 1 heteroatoms. The zero-order valence-corrected chi connectivity index (χ0v) is 13.0. The van der Waals surface area contributed by atoms with Crippen molar-refractivity contribution in [2.24, 2.45) is 10.8 Å². The van der Waals surface area contributed by atoms with Gasteiger partial charge in [0.25, 0.3) is 0 Å². The SMILES string of the molecule is C=C(C)CCCCC(O)(C(C)(C)C)C(C)(C)C. The van der Waals surface area contributed by atoms with E-state index < -0.39 is 5.60 Å². The lowest BCUT2D eigenvalue weighted by molar-refractivity contribution is -0.143. The molecule has 0 aromatic heterocycles. The summed E-state index contributed by atoms with van der Waals surface area (Å²) in [6.07, 6.45) is 4.14. The smallest absolute Gasteiger partial charge is 0.0743 e. The van der Waals surface area contributed by atoms with Crippen LogP contribution in [0.4, 0.5) is 0 Å². The lowest BCUT2D eigenvalue weighted by Gasteiger charge is -2.50. The lowest BCUT2D eigenvalue weighted by atomic mass is 9.60. The van der Waals surface area contributed by atoms with E-state index in [-0.39, 0.29) is 10.8 Å². The number of hydrogen-bond donors (Lipinski definition) is 1. The van der Waals surface area contributed by atoms with Gasteiger partial charge in [0.1, 0.15) is 0 Å². The van der Waals surface area contributed by atoms with Crippen molar-refractivity contribution in [2.75, 3.05) is 0 Å². The molecule has 0 unspecified atom stereocenters. The molecular weight excluding hydrogens is 208 g/mol. The van der Waals surface area contributed by atoms with Crippen molar-refractivity contribution in [1.82, 2.24) is 0 Å². The number of hydrogen-bond acceptors (Lipinski definition) is 1. The van der Waals surface area contributed by atoms with E-state index in [2.05, 4.69) is 55.0 Å². The molecule has 0 spiro atoms. The van der Waals surface area contributed by atoms with Crippen molar-refractivity contribution in [1.29, 1.82) is 0 Å². The molecule has 0 amide bonds. The van der Waals surface area contributed by atoms with Gasteiger partial charge in [0.15, 0.2) is 0 Å². The Morgan fingerprint density at radius 3 is 1.65 bits per heavy atom. The molecule has 0 saturated heterocycles. The molecule has 0 rings (SSSR count). The number of rotatable bonds is 5. The third kappa shape index (κ3) is 4.46. The Hall–Kier alpha value is -0.300. The Balaban J connectivity index is 4.59. The highest BCUT2D eigenvalue weighted by atomic mass is 16.3. The summed E-state index contributed by atoms with van der Waals surface area (Å²) in [5, 5.41) is 11.0. The molecule has 0 aromatic carbocycles. The lowest BCUT2D eigenvalue weighted by Crippen LogP contribution is -2.53. The number of unbranched alkanes of at least 4 members (excludes halogenated alkanes) is 1. The predicted molar refractivity (Wildman–Crippen MR) is 77.1 cm³/mol. The summed E-state index contributed by atoms with van der Waals surface area (Å²) >= 11 is 0. The van der Waals surface area contributed by atoms with Gasteiger partial charge in [-0.25, -0.2) is 0 Å². The van der Waals surface area contributed by atoms with E-state index in [4.69, 9.17) is 0 Å². The first-order valence-corrected chi connectivity index (χ1v) is 6.78. The second-order valence-corrected chi connectivity index (χ2v) is 7.52. The molecule has 0 atom stereocenters. The van der Waals surface area contributed by atoms with Crippen LogP contribution in [0.25, 0.3) is 0 Å². The molecule has 1 N–H and O–H groups in total. The van der Waals surface area contributed by atoms with Crippen LogP contribution in [0.1, 0.15) is 74.1 Å². The van der Waals surface area contributed by atoms with Gasteiger partial charge in [-0.1, -0.05) is 53.5 Å². The summed E-state index contributed by atoms with van der Waals surface area (Å²) < 4.78 is 0. The summed E-state index contributed by atoms with van der Waals surface area (Å²) in [5.74, 6) is 0. The fourth-order valence-corrected chi connectivity index (χ4v) is 2.68. The maximum Gasteiger partial charge on any atom is 0.0743 e. The minimum atomic E-state index is -0.616. The molecule has 0 aromatic rings. The minimum Gasteiger partial charge on any atom is -0.389 e. The van der Waals surface area contributed by atoms with E-state index in [1.807, 2.05) is 0 Å². The fourth-order valence-electron chi connectivity index (χ4n) is 2.68. The van der Waals surface area contributed by atoms with Crippen LogP contribution in [-0.2, 0) is 0 Å². The number of allylic oxidation sites excluding steroid dienone is 1. The third-order valence-corrected chi connectivity index (χ3v) is 3.87. The number of aliphatic hydroxyl groups is 1. The highest BCUT2D eigenvalue weighted by Crippen LogP contribution is 2.47. The molecule has 0 aliphatic carbocycles. The fraction of sp³-hybridized carbons (Fsp3) is 0.875. The van der Waals surface area contributed by atoms with Crippen LogP contribution in [-0.4, -0.2) is 10.7 Å². The molecular formula is C16H32O. The Kier molecular flexibility index (Phi) is 5.46. The summed E-state index contributed by atoms with van der Waals surface area (Å²) in [7, 11) is 0. The van der Waals surface area contributed by atoms with Crippen LogP contribution in [0.3, 0.4) is 0 Å². The molecule has 0 heterocycles. The van der Waals surface area contributed by atoms with Gasteiger partial charge in [0.05, 0.1) is 5.60 Å². The Morgan fingerprint density at radius 2 is 1.35 bits per heavy atom. The second-order valence-electron chi connectivity index (χ2n) is 7.52. The second kappa shape index (κ2) is 5.56. The zero-order valence-electron chi connectivity index (χ0n) is 13.0. The van der Waals surface area contributed by atoms with Gasteiger partial charge in [-0.3, -0.25) is 0 Å². The summed E-state index contributed by atoms with van der Waals surface area (Å²) in [6.45, 7) is 18.8. The quantitative estimate of drug-likeness (QED) is 0.532. The Morgan fingerprint density at radius 1 is 0.941 bits per heavy atom. The maximum atomic E-state index is 11.0. The van der Waals surface area contributed by atoms with Gasteiger partial charge >= 0.3 is 0 Å². The van der Waals surface area contributed by atoms with Crippen molar-refractivity contribution < 1.29 is 5.11 Å². The molecule has 0 bridgehead atoms. The molecule has 0 aliphatic rings. The molecule has 17 heavy (non-hydrogen) atoms. The van der Waals surface area contributed by atoms with Gasteiger partial charge in [-0.15, -0.1) is 6.58 Å². The van der Waals surface area contributed by atoms with E-state index in [1.165, 1.54) is 5.57 Å². The average Bonchev–Trinajstić information content (AvgIpc) is 2.07. The van der Waals surface area contributed by atoms with Crippen molar-refractivity contribution in [3.63, 3.8) is 0 Å². The first-order chi connectivity index (χ1) is 7.42. The van der Waals surface area contributed by atoms with Crippen LogP contribution >= 0.6 is 0 Å². The summed E-state index contributed by atoms with van der Waals surface area (Å²) in [6, 6.07) is 0. The van der Waals surface area contributed by atoms with Crippen LogP contribution < -0.4 is 0 Å². The van der Waals surface area contributed by atoms with Crippen molar-refractivity contribution in [3.05, 3.63) is 12.2 Å². The summed E-state index contributed by atoms with van der Waals surface area (Å²) in [5.41, 5.74) is 0.443. The maximum absolute atomic E-state index is 11.0. The highest BCUT2D eigenvalue weighted by Gasteiger charge is 2.48. The topological polar surface area (TPSA) is 20.2 Å². The van der Waals surface area contributed by atoms with Crippen LogP contribution in [0.15, 0.2) is 12.2 Å². The van der Waals surface area contributed by atoms with E-state index in [0.29, 0.717) is 0 Å². The normalized spacial score (nSPS) is 13.9. The molecule has 0 radical (unpaired) electrons. The predicted octanol–water partition coefficient (Wildman–Crippen LogP) is 4.95. The van der Waals surface area contributed by atoms with Gasteiger partial charge in [-0.05, 0) is 37.0 Å². The molecule has 0 fully saturated rings. The van der Waals surface area contributed by atoms with E-state index >= 15 is 0 Å². The first-order valence-electron chi connectivity index (χ1n) is 6.78. The molecule has 1 nitrogen and oxygen atoms in total. The zero-order chi connectivity index (χ0) is 13.9. The first kappa shape index (κ1) is 16.7. The third-order valence-electron chi connectivity index (χ3n) is 3.87. The van der Waals surface area contributed by atoms with Crippen LogP contribution in [0, 0.1) is 10.8 Å². The van der Waals surface area contributed by atoms with Gasteiger partial charge in [0, 0.05) is 0 Å². The van der Waals surface area contributed by atoms with Crippen molar-refractivity contribution in [3.8, 4) is 0 Å². The monoisotopic (exact) mass is 240 g/mol. The van der Waals surface area contributed by atoms with E-state index in [0.717, 1.165) is 25.7 Å². The average molecular weight is 240 g/mol. The largest absolute Gasteiger partial charge is 0.389 e. The Labute approximate surface area is 108 Å². The standard InChI is InChI=1S/C16H32O/c1-13(2)11-9-10-12-16(17,14(3,4)5)15(6,7)8/h17H,1,9-12H2,2-8H3. The van der Waals surface area contributed by atoms with E-state index in [9.17, 15) is 5.11 Å². The molecule has 0 saturated carbocycles. The van der Waals surface area contributed by atoms with Gasteiger partial charge in [-0.2, -0.15) is 0 Å². The van der Waals surface area contributed by atoms with Crippen molar-refractivity contribution >= 4 is 0 Å². The van der Waals surface area contributed by atoms with Crippen LogP contribution in [0.2, 0.25) is 0 Å². The van der Waals surface area contributed by atoms with Gasteiger partial charge in [0.2, 0.25) is 0 Å². The minimum absolute atomic E-state index is 0.0888. The van der Waals surface area contributed by atoms with E-state index in [1.54, 1.807) is 0 Å². The molecule has 0 aliphatic heterocycles. The van der Waals surface area contributed by atoms with Crippen LogP contribution in [0.5, 0.6) is 0 Å². The summed E-state index contributed by atoms with van der Waals surface area (Å²) in [4.78, 5) is 0.